The lowest BCUT2D eigenvalue weighted by molar-refractivity contribution is -0.137. The molecule has 3 unspecified atom stereocenters. The fourth-order valence-electron chi connectivity index (χ4n) is 4.95. The van der Waals surface area contributed by atoms with Gasteiger partial charge in [-0.2, -0.15) is 0 Å². The number of amides is 2. The minimum absolute atomic E-state index is 0.0656. The number of fused-ring (bicyclic) bond motifs is 2. The Morgan fingerprint density at radius 1 is 1.19 bits per heavy atom. The number of anilines is 1. The molecule has 3 aliphatic heterocycles. The number of nitrogens with one attached hydrogen (secondary N) is 1. The zero-order valence-electron chi connectivity index (χ0n) is 16.0. The van der Waals surface area contributed by atoms with Gasteiger partial charge in [0.25, 0.3) is 0 Å². The van der Waals surface area contributed by atoms with Gasteiger partial charge in [-0.1, -0.05) is 12.1 Å². The maximum Gasteiger partial charge on any atom is 0.228 e. The molecule has 5 heteroatoms. The largest absolute Gasteiger partial charge is 0.342 e. The number of carbonyl (C=O) groups excluding carboxylic acids is 2. The van der Waals surface area contributed by atoms with Crippen LogP contribution < -0.4 is 10.2 Å². The first-order chi connectivity index (χ1) is 12.4. The molecule has 2 bridgehead atoms. The van der Waals surface area contributed by atoms with Crippen molar-refractivity contribution < 1.29 is 9.59 Å². The van der Waals surface area contributed by atoms with Crippen molar-refractivity contribution in [3.63, 3.8) is 0 Å². The zero-order valence-corrected chi connectivity index (χ0v) is 16.0. The van der Waals surface area contributed by atoms with Gasteiger partial charge in [-0.3, -0.25) is 9.59 Å². The molecular formula is C21H29N3O2. The second-order valence-corrected chi connectivity index (χ2v) is 8.34. The van der Waals surface area contributed by atoms with E-state index < -0.39 is 0 Å². The van der Waals surface area contributed by atoms with Crippen molar-refractivity contribution in [2.45, 2.75) is 64.1 Å². The number of piperidine rings is 1. The van der Waals surface area contributed by atoms with E-state index in [0.717, 1.165) is 24.1 Å². The lowest BCUT2D eigenvalue weighted by Gasteiger charge is -2.36. The standard InChI is InChI=1S/C21H29N3O2/c1-13-5-4-6-19(14(13)2)24-12-15(9-20(24)25)21(26)23(3)18-10-16-7-8-17(11-18)22-16/h4-6,15-18,22H,7-12H2,1-3H3. The van der Waals surface area contributed by atoms with E-state index >= 15 is 0 Å². The number of hydrogen-bond donors (Lipinski definition) is 1. The van der Waals surface area contributed by atoms with Crippen LogP contribution in [0, 0.1) is 19.8 Å². The van der Waals surface area contributed by atoms with Gasteiger partial charge in [0.1, 0.15) is 0 Å². The molecule has 0 aromatic heterocycles. The molecule has 0 spiro atoms. The van der Waals surface area contributed by atoms with Gasteiger partial charge in [0.2, 0.25) is 11.8 Å². The average molecular weight is 355 g/mol. The summed E-state index contributed by atoms with van der Waals surface area (Å²) in [6.07, 6.45) is 4.87. The lowest BCUT2D eigenvalue weighted by Crippen LogP contribution is -2.50. The molecule has 3 atom stereocenters. The zero-order chi connectivity index (χ0) is 18.4. The van der Waals surface area contributed by atoms with Gasteiger partial charge in [-0.15, -0.1) is 0 Å². The quantitative estimate of drug-likeness (QED) is 0.906. The lowest BCUT2D eigenvalue weighted by atomic mass is 9.97. The number of benzene rings is 1. The Balaban J connectivity index is 1.46. The van der Waals surface area contributed by atoms with Crippen LogP contribution in [0.15, 0.2) is 18.2 Å². The summed E-state index contributed by atoms with van der Waals surface area (Å²) in [5.74, 6) is -0.0202. The molecule has 0 radical (unpaired) electrons. The van der Waals surface area contributed by atoms with E-state index in [0.29, 0.717) is 31.1 Å². The Morgan fingerprint density at radius 2 is 1.88 bits per heavy atom. The Labute approximate surface area is 155 Å². The molecule has 1 aromatic carbocycles. The van der Waals surface area contributed by atoms with Crippen LogP contribution in [0.3, 0.4) is 0 Å². The summed E-state index contributed by atoms with van der Waals surface area (Å²) in [5, 5.41) is 3.63. The minimum atomic E-state index is -0.222. The number of carbonyl (C=O) groups is 2. The molecule has 3 heterocycles. The van der Waals surface area contributed by atoms with Crippen molar-refractivity contribution in [3.05, 3.63) is 29.3 Å². The van der Waals surface area contributed by atoms with Crippen LogP contribution in [0.5, 0.6) is 0 Å². The van der Waals surface area contributed by atoms with Gasteiger partial charge in [0, 0.05) is 43.8 Å². The number of rotatable bonds is 3. The molecule has 140 valence electrons. The third-order valence-corrected chi connectivity index (χ3v) is 6.68. The molecule has 3 fully saturated rings. The predicted octanol–water partition coefficient (Wildman–Crippen LogP) is 2.40. The minimum Gasteiger partial charge on any atom is -0.342 e. The van der Waals surface area contributed by atoms with Crippen LogP contribution in [0.2, 0.25) is 0 Å². The Bertz CT molecular complexity index is 720. The highest BCUT2D eigenvalue weighted by molar-refractivity contribution is 6.00. The monoisotopic (exact) mass is 355 g/mol. The van der Waals surface area contributed by atoms with Crippen molar-refractivity contribution in [1.82, 2.24) is 10.2 Å². The van der Waals surface area contributed by atoms with Crippen LogP contribution in [-0.2, 0) is 9.59 Å². The Hall–Kier alpha value is -1.88. The molecule has 26 heavy (non-hydrogen) atoms. The normalized spacial score (nSPS) is 30.7. The second kappa shape index (κ2) is 6.69. The smallest absolute Gasteiger partial charge is 0.228 e. The topological polar surface area (TPSA) is 52.7 Å². The summed E-state index contributed by atoms with van der Waals surface area (Å²) < 4.78 is 0. The second-order valence-electron chi connectivity index (χ2n) is 8.34. The molecule has 4 rings (SSSR count). The fraction of sp³-hybridized carbons (Fsp3) is 0.619. The first kappa shape index (κ1) is 17.5. The van der Waals surface area contributed by atoms with E-state index in [4.69, 9.17) is 0 Å². The maximum atomic E-state index is 13.1. The maximum absolute atomic E-state index is 13.1. The first-order valence-electron chi connectivity index (χ1n) is 9.83. The molecule has 0 aliphatic carbocycles. The Kier molecular flexibility index (Phi) is 4.51. The summed E-state index contributed by atoms with van der Waals surface area (Å²) >= 11 is 0. The van der Waals surface area contributed by atoms with Gasteiger partial charge in [0.05, 0.1) is 5.92 Å². The third-order valence-electron chi connectivity index (χ3n) is 6.68. The predicted molar refractivity (Wildman–Crippen MR) is 102 cm³/mol. The molecule has 0 saturated carbocycles. The SMILES string of the molecule is Cc1cccc(N2CC(C(=O)N(C)C3CC4CCC(C3)N4)CC2=O)c1C. The van der Waals surface area contributed by atoms with Gasteiger partial charge in [-0.25, -0.2) is 0 Å². The molecule has 2 amide bonds. The molecule has 3 saturated heterocycles. The summed E-state index contributed by atoms with van der Waals surface area (Å²) in [6, 6.07) is 7.46. The van der Waals surface area contributed by atoms with Crippen molar-refractivity contribution in [3.8, 4) is 0 Å². The van der Waals surface area contributed by atoms with Crippen molar-refractivity contribution in [1.29, 1.82) is 0 Å². The molecule has 1 N–H and O–H groups in total. The molecule has 1 aromatic rings. The van der Waals surface area contributed by atoms with Gasteiger partial charge >= 0.3 is 0 Å². The fourth-order valence-corrected chi connectivity index (χ4v) is 4.95. The van der Waals surface area contributed by atoms with E-state index in [2.05, 4.69) is 18.3 Å². The molecule has 3 aliphatic rings. The number of nitrogens with zero attached hydrogens (tertiary/aromatic N) is 2. The summed E-state index contributed by atoms with van der Waals surface area (Å²) in [6.45, 7) is 4.61. The summed E-state index contributed by atoms with van der Waals surface area (Å²) in [4.78, 5) is 29.4. The Morgan fingerprint density at radius 3 is 2.58 bits per heavy atom. The van der Waals surface area contributed by atoms with Crippen LogP contribution >= 0.6 is 0 Å². The van der Waals surface area contributed by atoms with Crippen molar-refractivity contribution >= 4 is 17.5 Å². The van der Waals surface area contributed by atoms with E-state index in [-0.39, 0.29) is 17.7 Å². The van der Waals surface area contributed by atoms with Gasteiger partial charge < -0.3 is 15.1 Å². The summed E-state index contributed by atoms with van der Waals surface area (Å²) in [7, 11) is 1.93. The van der Waals surface area contributed by atoms with E-state index in [1.807, 2.05) is 35.9 Å². The van der Waals surface area contributed by atoms with Crippen LogP contribution in [-0.4, -0.2) is 48.4 Å². The highest BCUT2D eigenvalue weighted by atomic mass is 16.2. The number of aryl methyl sites for hydroxylation is 1. The molecule has 5 nitrogen and oxygen atoms in total. The van der Waals surface area contributed by atoms with Gasteiger partial charge in [-0.05, 0) is 56.7 Å². The summed E-state index contributed by atoms with van der Waals surface area (Å²) in [5.41, 5.74) is 3.25. The van der Waals surface area contributed by atoms with Crippen LogP contribution in [0.25, 0.3) is 0 Å². The van der Waals surface area contributed by atoms with E-state index in [1.54, 1.807) is 0 Å². The first-order valence-corrected chi connectivity index (χ1v) is 9.83. The highest BCUT2D eigenvalue weighted by Gasteiger charge is 2.41. The van der Waals surface area contributed by atoms with Crippen LogP contribution in [0.4, 0.5) is 5.69 Å². The average Bonchev–Trinajstić information content (AvgIpc) is 3.18. The van der Waals surface area contributed by atoms with Crippen molar-refractivity contribution in [2.24, 2.45) is 5.92 Å². The third kappa shape index (κ3) is 3.02. The van der Waals surface area contributed by atoms with E-state index in [9.17, 15) is 9.59 Å². The van der Waals surface area contributed by atoms with E-state index in [1.165, 1.54) is 18.4 Å². The highest BCUT2D eigenvalue weighted by Crippen LogP contribution is 2.33. The molecular weight excluding hydrogens is 326 g/mol. The van der Waals surface area contributed by atoms with Crippen molar-refractivity contribution in [2.75, 3.05) is 18.5 Å². The van der Waals surface area contributed by atoms with Crippen LogP contribution in [0.1, 0.15) is 43.2 Å². The van der Waals surface area contributed by atoms with Gasteiger partial charge in [0.15, 0.2) is 0 Å². The number of hydrogen-bond acceptors (Lipinski definition) is 3.